The van der Waals surface area contributed by atoms with E-state index < -0.39 is 0 Å². The van der Waals surface area contributed by atoms with Gasteiger partial charge in [-0.15, -0.1) is 0 Å². The van der Waals surface area contributed by atoms with Crippen LogP contribution in [0.25, 0.3) is 0 Å². The van der Waals surface area contributed by atoms with Gasteiger partial charge < -0.3 is 10.6 Å². The number of anilines is 1. The van der Waals surface area contributed by atoms with E-state index in [-0.39, 0.29) is 11.4 Å². The molecule has 2 aromatic rings. The minimum Gasteiger partial charge on any atom is -0.381 e. The topological polar surface area (TPSA) is 54.0 Å². The van der Waals surface area contributed by atoms with Crippen molar-refractivity contribution in [2.45, 2.75) is 32.9 Å². The van der Waals surface area contributed by atoms with Crippen molar-refractivity contribution in [2.75, 3.05) is 5.32 Å². The van der Waals surface area contributed by atoms with Gasteiger partial charge in [-0.1, -0.05) is 30.3 Å². The Morgan fingerprint density at radius 2 is 1.86 bits per heavy atom. The van der Waals surface area contributed by atoms with Crippen molar-refractivity contribution < 1.29 is 4.79 Å². The highest BCUT2D eigenvalue weighted by molar-refractivity contribution is 5.93. The summed E-state index contributed by atoms with van der Waals surface area (Å²) >= 11 is 0. The highest BCUT2D eigenvalue weighted by Crippen LogP contribution is 2.11. The first-order valence-electron chi connectivity index (χ1n) is 7.00. The number of hydrogen-bond acceptors (Lipinski definition) is 3. The number of nitrogens with one attached hydrogen (secondary N) is 2. The summed E-state index contributed by atoms with van der Waals surface area (Å²) in [6.07, 6.45) is 1.64. The van der Waals surface area contributed by atoms with Crippen LogP contribution in [0.3, 0.4) is 0 Å². The molecule has 0 saturated heterocycles. The molecule has 0 aliphatic carbocycles. The fraction of sp³-hybridized carbons (Fsp3) is 0.294. The normalized spacial score (nSPS) is 11.0. The predicted molar refractivity (Wildman–Crippen MR) is 85.2 cm³/mol. The van der Waals surface area contributed by atoms with E-state index in [9.17, 15) is 4.79 Å². The lowest BCUT2D eigenvalue weighted by molar-refractivity contribution is 0.0914. The van der Waals surface area contributed by atoms with E-state index in [1.54, 1.807) is 12.3 Å². The van der Waals surface area contributed by atoms with E-state index in [0.29, 0.717) is 12.2 Å². The highest BCUT2D eigenvalue weighted by Gasteiger charge is 2.16. The molecular formula is C17H21N3O. The van der Waals surface area contributed by atoms with Gasteiger partial charge in [-0.25, -0.2) is 0 Å². The van der Waals surface area contributed by atoms with Crippen molar-refractivity contribution in [2.24, 2.45) is 0 Å². The van der Waals surface area contributed by atoms with Crippen LogP contribution in [-0.4, -0.2) is 16.4 Å². The number of rotatable bonds is 4. The van der Waals surface area contributed by atoms with Gasteiger partial charge in [0.2, 0.25) is 0 Å². The van der Waals surface area contributed by atoms with Crippen LogP contribution in [-0.2, 0) is 6.54 Å². The standard InChI is InChI=1S/C17H21N3O/c1-17(2,3)20-16(21)15-11-14(9-10-18-15)19-12-13-7-5-4-6-8-13/h4-11H,12H2,1-3H3,(H,18,19)(H,20,21). The minimum atomic E-state index is -0.272. The Morgan fingerprint density at radius 1 is 1.14 bits per heavy atom. The molecule has 1 aromatic heterocycles. The lowest BCUT2D eigenvalue weighted by Gasteiger charge is -2.20. The van der Waals surface area contributed by atoms with E-state index in [1.807, 2.05) is 45.0 Å². The summed E-state index contributed by atoms with van der Waals surface area (Å²) in [5, 5.41) is 6.21. The summed E-state index contributed by atoms with van der Waals surface area (Å²) < 4.78 is 0. The van der Waals surface area contributed by atoms with Crippen molar-refractivity contribution in [3.05, 3.63) is 59.9 Å². The van der Waals surface area contributed by atoms with Gasteiger partial charge in [0.1, 0.15) is 5.69 Å². The quantitative estimate of drug-likeness (QED) is 0.906. The van der Waals surface area contributed by atoms with Crippen LogP contribution in [0.5, 0.6) is 0 Å². The van der Waals surface area contributed by atoms with E-state index >= 15 is 0 Å². The third-order valence-corrected chi connectivity index (χ3v) is 2.82. The van der Waals surface area contributed by atoms with Gasteiger partial charge >= 0.3 is 0 Å². The summed E-state index contributed by atoms with van der Waals surface area (Å²) in [5.74, 6) is -0.161. The molecule has 0 spiro atoms. The van der Waals surface area contributed by atoms with E-state index in [4.69, 9.17) is 0 Å². The number of carbonyl (C=O) groups excluding carboxylic acids is 1. The zero-order valence-corrected chi connectivity index (χ0v) is 12.7. The number of benzene rings is 1. The second kappa shape index (κ2) is 6.39. The smallest absolute Gasteiger partial charge is 0.270 e. The first-order valence-corrected chi connectivity index (χ1v) is 7.00. The van der Waals surface area contributed by atoms with Crippen LogP contribution in [0.4, 0.5) is 5.69 Å². The number of carbonyl (C=O) groups is 1. The first-order chi connectivity index (χ1) is 9.94. The zero-order valence-electron chi connectivity index (χ0n) is 12.7. The van der Waals surface area contributed by atoms with Crippen molar-refractivity contribution in [1.82, 2.24) is 10.3 Å². The molecule has 0 saturated carbocycles. The maximum absolute atomic E-state index is 12.1. The Bertz CT molecular complexity index is 603. The molecule has 0 bridgehead atoms. The molecule has 110 valence electrons. The highest BCUT2D eigenvalue weighted by atomic mass is 16.2. The third kappa shape index (κ3) is 4.91. The molecule has 0 unspecified atom stereocenters. The molecule has 1 heterocycles. The fourth-order valence-corrected chi connectivity index (χ4v) is 1.87. The van der Waals surface area contributed by atoms with Crippen molar-refractivity contribution in [1.29, 1.82) is 0 Å². The number of amides is 1. The predicted octanol–water partition coefficient (Wildman–Crippen LogP) is 3.22. The molecule has 1 amide bonds. The lowest BCUT2D eigenvalue weighted by atomic mass is 10.1. The fourth-order valence-electron chi connectivity index (χ4n) is 1.87. The second-order valence-corrected chi connectivity index (χ2v) is 5.97. The molecule has 4 nitrogen and oxygen atoms in total. The van der Waals surface area contributed by atoms with Crippen molar-refractivity contribution in [3.63, 3.8) is 0 Å². The van der Waals surface area contributed by atoms with Crippen LogP contribution in [0.1, 0.15) is 36.8 Å². The maximum atomic E-state index is 12.1. The van der Waals surface area contributed by atoms with Gasteiger partial charge in [0, 0.05) is 24.0 Å². The molecule has 0 aliphatic heterocycles. The summed E-state index contributed by atoms with van der Waals surface area (Å²) in [4.78, 5) is 16.2. The van der Waals surface area contributed by atoms with Crippen LogP contribution < -0.4 is 10.6 Å². The summed E-state index contributed by atoms with van der Waals surface area (Å²) in [6.45, 7) is 6.55. The Kier molecular flexibility index (Phi) is 4.58. The molecule has 0 aliphatic rings. The van der Waals surface area contributed by atoms with Gasteiger partial charge in [-0.05, 0) is 38.5 Å². The summed E-state index contributed by atoms with van der Waals surface area (Å²) in [5.41, 5.74) is 2.22. The van der Waals surface area contributed by atoms with Crippen LogP contribution in [0, 0.1) is 0 Å². The molecule has 0 radical (unpaired) electrons. The molecule has 0 atom stereocenters. The van der Waals surface area contributed by atoms with Gasteiger partial charge in [0.15, 0.2) is 0 Å². The number of nitrogens with zero attached hydrogens (tertiary/aromatic N) is 1. The SMILES string of the molecule is CC(C)(C)NC(=O)c1cc(NCc2ccccc2)ccn1. The lowest BCUT2D eigenvalue weighted by Crippen LogP contribution is -2.40. The van der Waals surface area contributed by atoms with Gasteiger partial charge in [0.25, 0.3) is 5.91 Å². The Morgan fingerprint density at radius 3 is 2.52 bits per heavy atom. The zero-order chi connectivity index (χ0) is 15.3. The van der Waals surface area contributed by atoms with Crippen LogP contribution >= 0.6 is 0 Å². The van der Waals surface area contributed by atoms with Crippen LogP contribution in [0.15, 0.2) is 48.7 Å². The summed E-state index contributed by atoms with van der Waals surface area (Å²) in [7, 11) is 0. The van der Waals surface area contributed by atoms with Gasteiger partial charge in [0.05, 0.1) is 0 Å². The molecule has 2 rings (SSSR count). The van der Waals surface area contributed by atoms with Crippen molar-refractivity contribution >= 4 is 11.6 Å². The average molecular weight is 283 g/mol. The maximum Gasteiger partial charge on any atom is 0.270 e. The Balaban J connectivity index is 2.02. The number of aromatic nitrogens is 1. The first kappa shape index (κ1) is 15.0. The van der Waals surface area contributed by atoms with Gasteiger partial charge in [-0.2, -0.15) is 0 Å². The molecule has 2 N–H and O–H groups in total. The molecule has 21 heavy (non-hydrogen) atoms. The van der Waals surface area contributed by atoms with Crippen molar-refractivity contribution in [3.8, 4) is 0 Å². The molecular weight excluding hydrogens is 262 g/mol. The Hall–Kier alpha value is -2.36. The number of pyridine rings is 1. The second-order valence-electron chi connectivity index (χ2n) is 5.97. The van der Waals surface area contributed by atoms with Gasteiger partial charge in [-0.3, -0.25) is 9.78 Å². The van der Waals surface area contributed by atoms with E-state index in [0.717, 1.165) is 5.69 Å². The summed E-state index contributed by atoms with van der Waals surface area (Å²) in [6, 6.07) is 13.7. The average Bonchev–Trinajstić information content (AvgIpc) is 2.45. The largest absolute Gasteiger partial charge is 0.381 e. The monoisotopic (exact) mass is 283 g/mol. The van der Waals surface area contributed by atoms with Crippen LogP contribution in [0.2, 0.25) is 0 Å². The number of hydrogen-bond donors (Lipinski definition) is 2. The van der Waals surface area contributed by atoms with E-state index in [1.165, 1.54) is 5.56 Å². The molecule has 4 heteroatoms. The minimum absolute atomic E-state index is 0.161. The molecule has 0 fully saturated rings. The molecule has 1 aromatic carbocycles. The van der Waals surface area contributed by atoms with E-state index in [2.05, 4.69) is 27.8 Å². The third-order valence-electron chi connectivity index (χ3n) is 2.82. The Labute approximate surface area is 125 Å².